The van der Waals surface area contributed by atoms with Crippen molar-refractivity contribution in [2.45, 2.75) is 44.2 Å². The summed E-state index contributed by atoms with van der Waals surface area (Å²) in [6.07, 6.45) is 6.73. The van der Waals surface area contributed by atoms with Gasteiger partial charge in [-0.2, -0.15) is 0 Å². The quantitative estimate of drug-likeness (QED) is 0.340. The van der Waals surface area contributed by atoms with Crippen LogP contribution in [-0.2, 0) is 11.2 Å². The number of carbonyl (C=O) groups excluding carboxylic acids is 1. The molecule has 230 valence electrons. The number of nitrogens with one attached hydrogen (secondary N) is 1. The van der Waals surface area contributed by atoms with Gasteiger partial charge in [-0.05, 0) is 51.1 Å². The van der Waals surface area contributed by atoms with E-state index in [4.69, 9.17) is 14.5 Å². The van der Waals surface area contributed by atoms with E-state index in [1.165, 1.54) is 0 Å². The van der Waals surface area contributed by atoms with Crippen molar-refractivity contribution in [3.05, 3.63) is 65.9 Å². The summed E-state index contributed by atoms with van der Waals surface area (Å²) >= 11 is 0. The van der Waals surface area contributed by atoms with Crippen LogP contribution in [0.1, 0.15) is 35.8 Å². The molecular weight excluding hydrogens is 554 g/mol. The average molecular weight is 596 g/mol. The van der Waals surface area contributed by atoms with Gasteiger partial charge in [-0.25, -0.2) is 4.98 Å². The van der Waals surface area contributed by atoms with Gasteiger partial charge >= 0.3 is 0 Å². The lowest BCUT2D eigenvalue weighted by atomic mass is 9.78. The summed E-state index contributed by atoms with van der Waals surface area (Å²) in [5, 5.41) is 3.12. The molecule has 1 unspecified atom stereocenters. The SMILES string of the molecule is COc1cc(-c2nc([C@H]3C[C@H](N4CCN(C)CC4)C3)n3ccnc(C)c23)ccc1NC(=O)C1Cc2c(OC)cccc2N1C. The molecule has 1 saturated heterocycles. The van der Waals surface area contributed by atoms with Crippen molar-refractivity contribution in [1.29, 1.82) is 0 Å². The Labute approximate surface area is 258 Å². The van der Waals surface area contributed by atoms with Gasteiger partial charge in [-0.1, -0.05) is 12.1 Å². The Morgan fingerprint density at radius 2 is 1.77 bits per heavy atom. The van der Waals surface area contributed by atoms with E-state index >= 15 is 0 Å². The van der Waals surface area contributed by atoms with Crippen LogP contribution in [0.2, 0.25) is 0 Å². The molecule has 10 heteroatoms. The number of amides is 1. The third-order valence-corrected chi connectivity index (χ3v) is 9.91. The minimum Gasteiger partial charge on any atom is -0.496 e. The molecule has 0 bridgehead atoms. The number of ether oxygens (including phenoxy) is 2. The lowest BCUT2D eigenvalue weighted by Gasteiger charge is -2.45. The van der Waals surface area contributed by atoms with Crippen LogP contribution in [0, 0.1) is 6.92 Å². The fourth-order valence-corrected chi connectivity index (χ4v) is 7.20. The molecule has 1 aliphatic carbocycles. The molecule has 4 heterocycles. The maximum atomic E-state index is 13.5. The lowest BCUT2D eigenvalue weighted by molar-refractivity contribution is -0.117. The largest absolute Gasteiger partial charge is 0.496 e. The number of imidazole rings is 1. The van der Waals surface area contributed by atoms with E-state index in [1.54, 1.807) is 14.2 Å². The number of carbonyl (C=O) groups is 1. The molecule has 1 atom stereocenters. The third kappa shape index (κ3) is 4.86. The Morgan fingerprint density at radius 3 is 2.52 bits per heavy atom. The molecule has 1 N–H and O–H groups in total. The highest BCUT2D eigenvalue weighted by Gasteiger charge is 2.38. The Morgan fingerprint density at radius 1 is 1.00 bits per heavy atom. The monoisotopic (exact) mass is 595 g/mol. The summed E-state index contributed by atoms with van der Waals surface area (Å²) in [6, 6.07) is 12.1. The maximum Gasteiger partial charge on any atom is 0.247 e. The molecule has 4 aromatic rings. The van der Waals surface area contributed by atoms with Gasteiger partial charge in [0.05, 0.1) is 36.8 Å². The number of piperazine rings is 1. The van der Waals surface area contributed by atoms with Gasteiger partial charge in [-0.3, -0.25) is 19.1 Å². The summed E-state index contributed by atoms with van der Waals surface area (Å²) in [6.45, 7) is 6.60. The van der Waals surface area contributed by atoms with Crippen molar-refractivity contribution >= 4 is 22.8 Å². The Bertz CT molecular complexity index is 1700. The molecule has 2 aliphatic heterocycles. The van der Waals surface area contributed by atoms with E-state index in [2.05, 4.69) is 31.5 Å². The minimum absolute atomic E-state index is 0.0912. The molecular formula is C34H41N7O3. The molecule has 0 spiro atoms. The maximum absolute atomic E-state index is 13.5. The topological polar surface area (TPSA) is 87.5 Å². The molecule has 0 radical (unpaired) electrons. The first kappa shape index (κ1) is 28.6. The Kier molecular flexibility index (Phi) is 7.42. The second-order valence-electron chi connectivity index (χ2n) is 12.4. The van der Waals surface area contributed by atoms with Crippen molar-refractivity contribution in [2.24, 2.45) is 0 Å². The third-order valence-electron chi connectivity index (χ3n) is 9.91. The zero-order valence-electron chi connectivity index (χ0n) is 26.2. The first-order valence-electron chi connectivity index (χ1n) is 15.5. The van der Waals surface area contributed by atoms with Crippen LogP contribution in [0.4, 0.5) is 11.4 Å². The van der Waals surface area contributed by atoms with Crippen LogP contribution in [-0.4, -0.2) is 96.7 Å². The van der Waals surface area contributed by atoms with E-state index in [0.29, 0.717) is 29.8 Å². The number of likely N-dealkylation sites (N-methyl/N-ethyl adjacent to an activating group) is 2. The number of hydrogen-bond acceptors (Lipinski definition) is 8. The van der Waals surface area contributed by atoms with Crippen molar-refractivity contribution in [2.75, 3.05) is 64.7 Å². The Balaban J connectivity index is 1.13. The first-order valence-corrected chi connectivity index (χ1v) is 15.5. The first-order chi connectivity index (χ1) is 21.4. The lowest BCUT2D eigenvalue weighted by Crippen LogP contribution is -2.52. The van der Waals surface area contributed by atoms with Gasteiger partial charge in [0.1, 0.15) is 23.4 Å². The number of fused-ring (bicyclic) bond motifs is 2. The van der Waals surface area contributed by atoms with Crippen molar-refractivity contribution in [3.8, 4) is 22.8 Å². The normalized spacial score (nSPS) is 22.1. The predicted molar refractivity (Wildman–Crippen MR) is 172 cm³/mol. The summed E-state index contributed by atoms with van der Waals surface area (Å²) in [7, 11) is 7.45. The molecule has 7 rings (SSSR count). The molecule has 1 saturated carbocycles. The van der Waals surface area contributed by atoms with E-state index in [0.717, 1.165) is 84.3 Å². The molecule has 2 aromatic carbocycles. The number of methoxy groups -OCH3 is 2. The van der Waals surface area contributed by atoms with Gasteiger partial charge < -0.3 is 24.6 Å². The van der Waals surface area contributed by atoms with Gasteiger partial charge in [0.2, 0.25) is 5.91 Å². The van der Waals surface area contributed by atoms with Gasteiger partial charge in [0, 0.05) is 80.8 Å². The predicted octanol–water partition coefficient (Wildman–Crippen LogP) is 4.21. The van der Waals surface area contributed by atoms with Crippen LogP contribution in [0.3, 0.4) is 0 Å². The molecule has 1 amide bonds. The Hall–Kier alpha value is -4.15. The summed E-state index contributed by atoms with van der Waals surface area (Å²) in [5.41, 5.74) is 6.47. The summed E-state index contributed by atoms with van der Waals surface area (Å²) in [4.78, 5) is 30.5. The fourth-order valence-electron chi connectivity index (χ4n) is 7.20. The van der Waals surface area contributed by atoms with E-state index < -0.39 is 0 Å². The number of hydrogen-bond donors (Lipinski definition) is 1. The van der Waals surface area contributed by atoms with E-state index in [9.17, 15) is 4.79 Å². The van der Waals surface area contributed by atoms with Crippen LogP contribution in [0.15, 0.2) is 48.8 Å². The molecule has 2 aromatic heterocycles. The number of benzene rings is 2. The molecule has 10 nitrogen and oxygen atoms in total. The van der Waals surface area contributed by atoms with Crippen molar-refractivity contribution in [3.63, 3.8) is 0 Å². The highest BCUT2D eigenvalue weighted by molar-refractivity contribution is 6.00. The zero-order chi connectivity index (χ0) is 30.5. The average Bonchev–Trinajstić information content (AvgIpc) is 3.56. The van der Waals surface area contributed by atoms with E-state index in [-0.39, 0.29) is 11.9 Å². The molecule has 44 heavy (non-hydrogen) atoms. The van der Waals surface area contributed by atoms with Gasteiger partial charge in [-0.15, -0.1) is 0 Å². The number of aryl methyl sites for hydroxylation is 1. The van der Waals surface area contributed by atoms with E-state index in [1.807, 2.05) is 67.7 Å². The highest BCUT2D eigenvalue weighted by atomic mass is 16.5. The van der Waals surface area contributed by atoms with Crippen LogP contribution in [0.25, 0.3) is 16.8 Å². The van der Waals surface area contributed by atoms with Crippen molar-refractivity contribution < 1.29 is 14.3 Å². The minimum atomic E-state index is -0.351. The standard InChI is InChI=1S/C34H41N7O3/c1-21-32-31(37-33(41(32)12-11-35-21)23-17-24(18-23)40-15-13-38(2)14-16-40)22-9-10-26(30(19-22)44-5)36-34(42)28-20-25-27(39(28)3)7-6-8-29(25)43-4/h6-12,19,23-24,28H,13-18,20H2,1-5H3,(H,36,42)/t23-,24-,28?. The number of rotatable bonds is 7. The zero-order valence-corrected chi connectivity index (χ0v) is 26.2. The second kappa shape index (κ2) is 11.4. The summed E-state index contributed by atoms with van der Waals surface area (Å²) < 4.78 is 13.6. The fraction of sp³-hybridized carbons (Fsp3) is 0.441. The smallest absolute Gasteiger partial charge is 0.247 e. The van der Waals surface area contributed by atoms with Gasteiger partial charge in [0.15, 0.2) is 0 Å². The molecule has 3 aliphatic rings. The second-order valence-corrected chi connectivity index (χ2v) is 12.4. The molecule has 2 fully saturated rings. The summed E-state index contributed by atoms with van der Waals surface area (Å²) in [5.74, 6) is 2.82. The number of nitrogens with zero attached hydrogens (tertiary/aromatic N) is 6. The number of aromatic nitrogens is 3. The highest BCUT2D eigenvalue weighted by Crippen LogP contribution is 2.43. The van der Waals surface area contributed by atoms with Crippen LogP contribution < -0.4 is 19.7 Å². The van der Waals surface area contributed by atoms with Crippen LogP contribution >= 0.6 is 0 Å². The van der Waals surface area contributed by atoms with Crippen LogP contribution in [0.5, 0.6) is 11.5 Å². The van der Waals surface area contributed by atoms with Crippen molar-refractivity contribution in [1.82, 2.24) is 24.2 Å². The van der Waals surface area contributed by atoms with Gasteiger partial charge in [0.25, 0.3) is 0 Å². The number of anilines is 2.